The van der Waals surface area contributed by atoms with Crippen LogP contribution in [-0.4, -0.2) is 43.4 Å². The summed E-state index contributed by atoms with van der Waals surface area (Å²) in [5.41, 5.74) is 5.17. The third-order valence-corrected chi connectivity index (χ3v) is 5.53. The highest BCUT2D eigenvalue weighted by Gasteiger charge is 2.62. The summed E-state index contributed by atoms with van der Waals surface area (Å²) >= 11 is 0. The molecule has 3 N–H and O–H groups in total. The Labute approximate surface area is 134 Å². The standard InChI is InChI=1S/C17H32N2O3/c1-4-21-14-12-17(18,16(14,2)3)15(20)19-10-11-22-13-8-6-5-7-9-13/h13-14H,4-12,18H2,1-3H3,(H,19,20). The zero-order valence-corrected chi connectivity index (χ0v) is 14.3. The fourth-order valence-corrected chi connectivity index (χ4v) is 3.60. The van der Waals surface area contributed by atoms with Gasteiger partial charge in [-0.05, 0) is 19.8 Å². The summed E-state index contributed by atoms with van der Waals surface area (Å²) in [6.07, 6.45) is 7.17. The van der Waals surface area contributed by atoms with E-state index in [1.54, 1.807) is 0 Å². The van der Waals surface area contributed by atoms with Gasteiger partial charge in [0.05, 0.1) is 18.8 Å². The van der Waals surface area contributed by atoms with Crippen LogP contribution in [0.1, 0.15) is 59.3 Å². The third kappa shape index (κ3) is 3.47. The lowest BCUT2D eigenvalue weighted by Crippen LogP contribution is -2.75. The van der Waals surface area contributed by atoms with Crippen molar-refractivity contribution in [1.29, 1.82) is 0 Å². The Morgan fingerprint density at radius 2 is 1.91 bits per heavy atom. The number of hydrogen-bond donors (Lipinski definition) is 2. The van der Waals surface area contributed by atoms with Crippen molar-refractivity contribution in [3.63, 3.8) is 0 Å². The minimum atomic E-state index is -0.836. The maximum absolute atomic E-state index is 12.4. The van der Waals surface area contributed by atoms with Gasteiger partial charge in [-0.2, -0.15) is 0 Å². The van der Waals surface area contributed by atoms with Crippen molar-refractivity contribution >= 4 is 5.91 Å². The number of nitrogens with one attached hydrogen (secondary N) is 1. The van der Waals surface area contributed by atoms with Crippen LogP contribution in [0.2, 0.25) is 0 Å². The maximum atomic E-state index is 12.4. The van der Waals surface area contributed by atoms with Crippen LogP contribution in [0.25, 0.3) is 0 Å². The molecule has 1 amide bonds. The zero-order valence-electron chi connectivity index (χ0n) is 14.3. The Morgan fingerprint density at radius 1 is 1.23 bits per heavy atom. The normalized spacial score (nSPS) is 31.5. The second-order valence-electron chi connectivity index (χ2n) is 7.23. The molecule has 0 aliphatic heterocycles. The fraction of sp³-hybridized carbons (Fsp3) is 0.941. The molecule has 0 aromatic heterocycles. The molecule has 0 heterocycles. The van der Waals surface area contributed by atoms with Gasteiger partial charge < -0.3 is 20.5 Å². The molecule has 2 rings (SSSR count). The van der Waals surface area contributed by atoms with E-state index in [-0.39, 0.29) is 17.4 Å². The molecule has 2 aliphatic carbocycles. The van der Waals surface area contributed by atoms with Gasteiger partial charge in [-0.3, -0.25) is 4.79 Å². The van der Waals surface area contributed by atoms with Gasteiger partial charge in [-0.25, -0.2) is 0 Å². The second kappa shape index (κ2) is 7.28. The molecule has 0 aromatic carbocycles. The molecule has 0 aromatic rings. The lowest BCUT2D eigenvalue weighted by atomic mass is 9.54. The maximum Gasteiger partial charge on any atom is 0.240 e. The number of rotatable bonds is 7. The topological polar surface area (TPSA) is 73.6 Å². The van der Waals surface area contributed by atoms with E-state index in [1.807, 2.05) is 20.8 Å². The molecule has 5 heteroatoms. The van der Waals surface area contributed by atoms with Crippen LogP contribution in [0, 0.1) is 5.41 Å². The van der Waals surface area contributed by atoms with Gasteiger partial charge in [-0.15, -0.1) is 0 Å². The summed E-state index contributed by atoms with van der Waals surface area (Å²) in [4.78, 5) is 12.4. The second-order valence-corrected chi connectivity index (χ2v) is 7.23. The summed E-state index contributed by atoms with van der Waals surface area (Å²) in [7, 11) is 0. The van der Waals surface area contributed by atoms with Crippen LogP contribution in [0.4, 0.5) is 0 Å². The van der Waals surface area contributed by atoms with Gasteiger partial charge in [0.15, 0.2) is 0 Å². The van der Waals surface area contributed by atoms with E-state index < -0.39 is 5.54 Å². The minimum Gasteiger partial charge on any atom is -0.378 e. The average molecular weight is 312 g/mol. The van der Waals surface area contributed by atoms with E-state index in [4.69, 9.17) is 15.2 Å². The van der Waals surface area contributed by atoms with Gasteiger partial charge in [0.2, 0.25) is 5.91 Å². The van der Waals surface area contributed by atoms with E-state index in [0.717, 1.165) is 12.8 Å². The minimum absolute atomic E-state index is 0.0618. The Kier molecular flexibility index (Phi) is 5.86. The average Bonchev–Trinajstić information content (AvgIpc) is 2.52. The van der Waals surface area contributed by atoms with Crippen molar-refractivity contribution in [3.05, 3.63) is 0 Å². The Morgan fingerprint density at radius 3 is 2.50 bits per heavy atom. The largest absolute Gasteiger partial charge is 0.378 e. The molecule has 0 saturated heterocycles. The summed E-state index contributed by atoms with van der Waals surface area (Å²) in [6.45, 7) is 7.74. The van der Waals surface area contributed by atoms with Crippen molar-refractivity contribution in [3.8, 4) is 0 Å². The fourth-order valence-electron chi connectivity index (χ4n) is 3.60. The van der Waals surface area contributed by atoms with E-state index in [2.05, 4.69) is 5.32 Å². The van der Waals surface area contributed by atoms with Crippen molar-refractivity contribution in [1.82, 2.24) is 5.32 Å². The van der Waals surface area contributed by atoms with Gasteiger partial charge in [-0.1, -0.05) is 33.1 Å². The summed E-state index contributed by atoms with van der Waals surface area (Å²) in [6, 6.07) is 0. The molecule has 5 nitrogen and oxygen atoms in total. The molecule has 2 fully saturated rings. The SMILES string of the molecule is CCOC1CC(N)(C(=O)NCCOC2CCCCC2)C1(C)C. The first-order valence-corrected chi connectivity index (χ1v) is 8.72. The van der Waals surface area contributed by atoms with Gasteiger partial charge >= 0.3 is 0 Å². The lowest BCUT2D eigenvalue weighted by Gasteiger charge is -2.57. The summed E-state index contributed by atoms with van der Waals surface area (Å²) in [5.74, 6) is -0.0827. The number of nitrogens with two attached hydrogens (primary N) is 1. The first-order valence-electron chi connectivity index (χ1n) is 8.72. The van der Waals surface area contributed by atoms with Crippen molar-refractivity contribution in [2.75, 3.05) is 19.8 Å². The summed E-state index contributed by atoms with van der Waals surface area (Å²) < 4.78 is 11.5. The highest BCUT2D eigenvalue weighted by Crippen LogP contribution is 2.49. The van der Waals surface area contributed by atoms with E-state index in [0.29, 0.717) is 32.3 Å². The van der Waals surface area contributed by atoms with Crippen LogP contribution >= 0.6 is 0 Å². The number of hydrogen-bond acceptors (Lipinski definition) is 4. The molecular weight excluding hydrogens is 280 g/mol. The Hall–Kier alpha value is -0.650. The van der Waals surface area contributed by atoms with E-state index >= 15 is 0 Å². The zero-order chi connectivity index (χ0) is 16.2. The predicted octanol–water partition coefficient (Wildman–Crippen LogP) is 1.98. The molecule has 2 unspecified atom stereocenters. The first-order chi connectivity index (χ1) is 10.4. The highest BCUT2D eigenvalue weighted by molar-refractivity contribution is 5.88. The summed E-state index contributed by atoms with van der Waals surface area (Å²) in [5, 5.41) is 2.94. The van der Waals surface area contributed by atoms with Crippen molar-refractivity contribution in [2.24, 2.45) is 11.1 Å². The molecule has 2 saturated carbocycles. The molecule has 2 atom stereocenters. The number of carbonyl (C=O) groups excluding carboxylic acids is 1. The molecular formula is C17H32N2O3. The van der Waals surface area contributed by atoms with Gasteiger partial charge in [0, 0.05) is 25.0 Å². The van der Waals surface area contributed by atoms with Crippen LogP contribution in [0.3, 0.4) is 0 Å². The molecule has 0 radical (unpaired) electrons. The molecule has 0 spiro atoms. The van der Waals surface area contributed by atoms with Crippen LogP contribution in [-0.2, 0) is 14.3 Å². The van der Waals surface area contributed by atoms with Crippen molar-refractivity contribution < 1.29 is 14.3 Å². The monoisotopic (exact) mass is 312 g/mol. The van der Waals surface area contributed by atoms with Crippen molar-refractivity contribution in [2.45, 2.75) is 77.0 Å². The highest BCUT2D eigenvalue weighted by atomic mass is 16.5. The van der Waals surface area contributed by atoms with Crippen LogP contribution in [0.5, 0.6) is 0 Å². The molecule has 0 bridgehead atoms. The predicted molar refractivity (Wildman–Crippen MR) is 86.6 cm³/mol. The quantitative estimate of drug-likeness (QED) is 0.705. The first kappa shape index (κ1) is 17.7. The number of carbonyl (C=O) groups is 1. The van der Waals surface area contributed by atoms with Gasteiger partial charge in [0.25, 0.3) is 0 Å². The molecule has 22 heavy (non-hydrogen) atoms. The molecule has 128 valence electrons. The van der Waals surface area contributed by atoms with E-state index in [1.165, 1.54) is 19.3 Å². The van der Waals surface area contributed by atoms with Gasteiger partial charge in [0.1, 0.15) is 5.54 Å². The number of ether oxygens (including phenoxy) is 2. The van der Waals surface area contributed by atoms with E-state index in [9.17, 15) is 4.79 Å². The lowest BCUT2D eigenvalue weighted by molar-refractivity contribution is -0.170. The number of amides is 1. The van der Waals surface area contributed by atoms with Crippen LogP contribution in [0.15, 0.2) is 0 Å². The third-order valence-electron chi connectivity index (χ3n) is 5.53. The smallest absolute Gasteiger partial charge is 0.240 e. The Balaban J connectivity index is 1.70. The Bertz CT molecular complexity index is 380. The van der Waals surface area contributed by atoms with Crippen LogP contribution < -0.4 is 11.1 Å². The molecule has 2 aliphatic rings.